The number of aromatic nitrogens is 2. The Hall–Kier alpha value is -0.716. The molecule has 0 amide bonds. The molecule has 0 aliphatic carbocycles. The van der Waals surface area contributed by atoms with Gasteiger partial charge in [0.25, 0.3) is 0 Å². The highest BCUT2D eigenvalue weighted by molar-refractivity contribution is 14.1. The van der Waals surface area contributed by atoms with Crippen molar-refractivity contribution in [3.05, 3.63) is 34.9 Å². The number of nitrogens with zero attached hydrogens (tertiary/aromatic N) is 2. The minimum absolute atomic E-state index is 0.110. The number of nitrogen functional groups attached to an aromatic ring is 1. The van der Waals surface area contributed by atoms with Crippen molar-refractivity contribution in [2.45, 2.75) is 97.7 Å². The molecule has 2 aliphatic heterocycles. The fourth-order valence-electron chi connectivity index (χ4n) is 5.54. The molecule has 1 aromatic heterocycles. The lowest BCUT2D eigenvalue weighted by molar-refractivity contribution is -0.134. The summed E-state index contributed by atoms with van der Waals surface area (Å²) in [7, 11) is -4.26. The molecule has 2 fully saturated rings. The van der Waals surface area contributed by atoms with Crippen LogP contribution in [-0.2, 0) is 27.4 Å². The van der Waals surface area contributed by atoms with E-state index in [1.165, 1.54) is 13.2 Å². The van der Waals surface area contributed by atoms with Crippen LogP contribution < -0.4 is 11.4 Å². The Kier molecular flexibility index (Phi) is 10.1. The van der Waals surface area contributed by atoms with Crippen LogP contribution in [0.4, 0.5) is 5.82 Å². The Bertz CT molecular complexity index is 1090. The number of thioether (sulfide) groups is 1. The molecule has 0 unspecified atom stereocenters. The number of hydrogen-bond acceptors (Lipinski definition) is 9. The Labute approximate surface area is 246 Å². The maximum absolute atomic E-state index is 13.2. The fourth-order valence-corrected chi connectivity index (χ4v) is 20.8. The first-order chi connectivity index (χ1) is 17.7. The molecule has 0 aromatic carbocycles. The predicted octanol–water partition coefficient (Wildman–Crippen LogP) is 5.08. The van der Waals surface area contributed by atoms with Gasteiger partial charge in [0.2, 0.25) is 0 Å². The van der Waals surface area contributed by atoms with Crippen molar-refractivity contribution >= 4 is 63.3 Å². The standard InChI is InChI=1S/C25H42IN3O6SSi2/c1-15(2)37(16(3)4)33-14-19-22(34-38(35-37,17(5)6)18(7)8)23(26)25(36-19,12-10-21(30)32-9)29-13-11-20(27)28-24(29)31/h10-13,15-19,22-23H,14H2,1-9H3,(H2,27,28,31)/b12-10+/t19-,22-,23-,25-/m1/s1. The van der Waals surface area contributed by atoms with Gasteiger partial charge in [0, 0.05) is 12.3 Å². The number of carbonyl (C=O) groups is 1. The summed E-state index contributed by atoms with van der Waals surface area (Å²) in [6.07, 6.45) is 4.45. The molecule has 214 valence electrons. The summed E-state index contributed by atoms with van der Waals surface area (Å²) in [4.78, 5) is 28.4. The third-order valence-corrected chi connectivity index (χ3v) is 21.6. The first kappa shape index (κ1) is 31.8. The maximum atomic E-state index is 13.2. The molecular formula is C25H42IN3O6SSi2. The van der Waals surface area contributed by atoms with Gasteiger partial charge in [0.15, 0.2) is 0 Å². The highest BCUT2D eigenvalue weighted by Gasteiger charge is 2.63. The Morgan fingerprint density at radius 3 is 2.26 bits per heavy atom. The Morgan fingerprint density at radius 1 is 1.18 bits per heavy atom. The summed E-state index contributed by atoms with van der Waals surface area (Å²) < 4.78 is 27.7. The fraction of sp³-hybridized carbons (Fsp3) is 0.720. The van der Waals surface area contributed by atoms with E-state index in [1.54, 1.807) is 34.7 Å². The van der Waals surface area contributed by atoms with Crippen LogP contribution in [0.3, 0.4) is 0 Å². The van der Waals surface area contributed by atoms with Gasteiger partial charge in [-0.15, -0.1) is 11.8 Å². The zero-order chi connectivity index (χ0) is 28.6. The van der Waals surface area contributed by atoms with E-state index in [1.807, 2.05) is 0 Å². The Balaban J connectivity index is 2.24. The molecule has 0 bridgehead atoms. The second-order valence-corrected chi connectivity index (χ2v) is 22.9. The largest absolute Gasteiger partial charge is 0.466 e. The minimum atomic E-state index is -2.87. The van der Waals surface area contributed by atoms with Gasteiger partial charge >= 0.3 is 28.8 Å². The van der Waals surface area contributed by atoms with E-state index in [9.17, 15) is 9.59 Å². The lowest BCUT2D eigenvalue weighted by Crippen LogP contribution is -2.65. The number of methoxy groups -OCH3 is 1. The monoisotopic (exact) mass is 695 g/mol. The zero-order valence-electron chi connectivity index (χ0n) is 23.8. The van der Waals surface area contributed by atoms with Gasteiger partial charge in [0.1, 0.15) is 10.7 Å². The molecule has 2 N–H and O–H groups in total. The number of alkyl halides is 1. The van der Waals surface area contributed by atoms with Crippen LogP contribution in [0.15, 0.2) is 29.2 Å². The first-order valence-corrected chi connectivity index (χ1v) is 19.2. The number of hydrogen-bond donors (Lipinski definition) is 1. The van der Waals surface area contributed by atoms with Crippen molar-refractivity contribution < 1.29 is 22.5 Å². The molecule has 9 nitrogen and oxygen atoms in total. The summed E-state index contributed by atoms with van der Waals surface area (Å²) in [5.74, 6) is -0.366. The van der Waals surface area contributed by atoms with Gasteiger partial charge in [-0.2, -0.15) is 4.98 Å². The van der Waals surface area contributed by atoms with Crippen molar-refractivity contribution in [1.82, 2.24) is 9.55 Å². The molecule has 3 rings (SSSR count). The molecule has 2 aliphatic rings. The molecule has 4 atom stereocenters. The summed E-state index contributed by atoms with van der Waals surface area (Å²) in [6.45, 7) is 17.9. The molecule has 3 heterocycles. The predicted molar refractivity (Wildman–Crippen MR) is 165 cm³/mol. The van der Waals surface area contributed by atoms with Crippen LogP contribution in [0.5, 0.6) is 0 Å². The topological polar surface area (TPSA) is 115 Å². The molecule has 38 heavy (non-hydrogen) atoms. The van der Waals surface area contributed by atoms with Crippen molar-refractivity contribution in [1.29, 1.82) is 0 Å². The van der Waals surface area contributed by atoms with E-state index < -0.39 is 33.7 Å². The third-order valence-electron chi connectivity index (χ3n) is 7.58. The summed E-state index contributed by atoms with van der Waals surface area (Å²) in [5, 5.41) is -0.110. The van der Waals surface area contributed by atoms with Crippen LogP contribution in [0.2, 0.25) is 22.2 Å². The second kappa shape index (κ2) is 12.0. The van der Waals surface area contributed by atoms with Crippen molar-refractivity contribution in [3.8, 4) is 0 Å². The van der Waals surface area contributed by atoms with Gasteiger partial charge < -0.3 is 23.4 Å². The lowest BCUT2D eigenvalue weighted by Gasteiger charge is -2.51. The van der Waals surface area contributed by atoms with Gasteiger partial charge in [0.05, 0.1) is 29.0 Å². The average molecular weight is 696 g/mol. The number of esters is 1. The maximum Gasteiger partial charge on any atom is 0.350 e. The summed E-state index contributed by atoms with van der Waals surface area (Å²) in [6, 6.07) is 1.59. The molecule has 1 aromatic rings. The van der Waals surface area contributed by atoms with Crippen molar-refractivity contribution in [3.63, 3.8) is 0 Å². The summed E-state index contributed by atoms with van der Waals surface area (Å²) in [5.41, 5.74) is 6.11. The number of ether oxygens (including phenoxy) is 1. The molecule has 2 saturated heterocycles. The van der Waals surface area contributed by atoms with Gasteiger partial charge in [-0.1, -0.05) is 78.0 Å². The van der Waals surface area contributed by atoms with Gasteiger partial charge in [-0.25, -0.2) is 9.59 Å². The van der Waals surface area contributed by atoms with Crippen LogP contribution in [0, 0.1) is 0 Å². The summed E-state index contributed by atoms with van der Waals surface area (Å²) >= 11 is 3.92. The molecule has 0 radical (unpaired) electrons. The highest BCUT2D eigenvalue weighted by atomic mass is 127. The first-order valence-electron chi connectivity index (χ1n) is 13.1. The lowest BCUT2D eigenvalue weighted by atomic mass is 10.1. The highest BCUT2D eigenvalue weighted by Crippen LogP contribution is 2.56. The second-order valence-electron chi connectivity index (χ2n) is 11.2. The number of anilines is 1. The molecule has 0 saturated carbocycles. The van der Waals surface area contributed by atoms with Crippen LogP contribution in [0.25, 0.3) is 0 Å². The van der Waals surface area contributed by atoms with Crippen molar-refractivity contribution in [2.75, 3.05) is 19.5 Å². The SMILES string of the molecule is COC(=O)/C=C/[C@@]1(n2ccc(N)nc2=O)S[C@@H]2CO[Si](C(C)C)(C(C)C)O[Si](C(C)C)(C(C)C)O[C@H]2[C@H]1I. The number of fused-ring (bicyclic) bond motifs is 1. The number of rotatable bonds is 7. The zero-order valence-corrected chi connectivity index (χ0v) is 28.7. The van der Waals surface area contributed by atoms with Crippen LogP contribution in [0.1, 0.15) is 55.4 Å². The van der Waals surface area contributed by atoms with Gasteiger partial charge in [-0.3, -0.25) is 4.57 Å². The Morgan fingerprint density at radius 2 is 1.76 bits per heavy atom. The normalized spacial score (nSPS) is 29.2. The quantitative estimate of drug-likeness (QED) is 0.137. The van der Waals surface area contributed by atoms with E-state index in [0.29, 0.717) is 6.61 Å². The van der Waals surface area contributed by atoms with E-state index >= 15 is 0 Å². The van der Waals surface area contributed by atoms with E-state index in [0.717, 1.165) is 0 Å². The number of nitrogens with two attached hydrogens (primary N) is 1. The number of carbonyl (C=O) groups excluding carboxylic acids is 1. The molecule has 13 heteroatoms. The number of halogens is 1. The molecule has 0 spiro atoms. The smallest absolute Gasteiger partial charge is 0.350 e. The average Bonchev–Trinajstić information content (AvgIpc) is 3.07. The van der Waals surface area contributed by atoms with E-state index in [2.05, 4.69) is 83.0 Å². The minimum Gasteiger partial charge on any atom is -0.466 e. The van der Waals surface area contributed by atoms with Crippen molar-refractivity contribution in [2.24, 2.45) is 0 Å². The third kappa shape index (κ3) is 5.57. The van der Waals surface area contributed by atoms with Gasteiger partial charge in [-0.05, 0) is 34.3 Å². The van der Waals surface area contributed by atoms with E-state index in [4.69, 9.17) is 23.4 Å². The molecular weight excluding hydrogens is 653 g/mol. The van der Waals surface area contributed by atoms with Crippen LogP contribution >= 0.6 is 34.4 Å². The van der Waals surface area contributed by atoms with E-state index in [-0.39, 0.29) is 43.3 Å². The van der Waals surface area contributed by atoms with Crippen LogP contribution in [-0.4, -0.2) is 61.6 Å².